The molecule has 0 saturated heterocycles. The van der Waals surface area contributed by atoms with Gasteiger partial charge in [0.2, 0.25) is 0 Å². The molecule has 0 radical (unpaired) electrons. The van der Waals surface area contributed by atoms with Crippen LogP contribution in [0.15, 0.2) is 12.2 Å². The van der Waals surface area contributed by atoms with E-state index in [4.69, 9.17) is 5.11 Å². The van der Waals surface area contributed by atoms with Gasteiger partial charge < -0.3 is 9.84 Å². The Morgan fingerprint density at radius 2 is 2.36 bits per heavy atom. The monoisotopic (exact) mass is 156 g/mol. The highest BCUT2D eigenvalue weighted by Gasteiger charge is 2.30. The first-order valence-electron chi connectivity index (χ1n) is 3.18. The second kappa shape index (κ2) is 2.84. The molecule has 0 aromatic heterocycles. The number of carbonyl (C=O) groups is 2. The van der Waals surface area contributed by atoms with Gasteiger partial charge in [-0.3, -0.25) is 9.59 Å². The lowest BCUT2D eigenvalue weighted by molar-refractivity contribution is -0.155. The number of ketones is 1. The van der Waals surface area contributed by atoms with E-state index in [1.165, 1.54) is 19.1 Å². The van der Waals surface area contributed by atoms with Crippen LogP contribution in [0.25, 0.3) is 0 Å². The van der Waals surface area contributed by atoms with Gasteiger partial charge in [-0.2, -0.15) is 0 Å². The first-order valence-corrected chi connectivity index (χ1v) is 3.18. The first kappa shape index (κ1) is 7.94. The third-order valence-electron chi connectivity index (χ3n) is 1.34. The summed E-state index contributed by atoms with van der Waals surface area (Å²) in [5, 5.41) is 9.02. The molecule has 1 aliphatic carbocycles. The minimum atomic E-state index is -1.02. The van der Waals surface area contributed by atoms with Crippen LogP contribution in [-0.2, 0) is 14.3 Å². The van der Waals surface area contributed by atoms with Crippen LogP contribution in [0, 0.1) is 0 Å². The first-order chi connectivity index (χ1) is 5.11. The van der Waals surface area contributed by atoms with Crippen LogP contribution in [0.3, 0.4) is 0 Å². The average Bonchev–Trinajstić information content (AvgIpc) is 2.18. The van der Waals surface area contributed by atoms with Crippen molar-refractivity contribution in [3.05, 3.63) is 12.2 Å². The summed E-state index contributed by atoms with van der Waals surface area (Å²) in [6, 6.07) is 0. The molecule has 2 atom stereocenters. The number of rotatable bonds is 1. The fourth-order valence-electron chi connectivity index (χ4n) is 0.864. The van der Waals surface area contributed by atoms with Gasteiger partial charge in [-0.25, -0.2) is 0 Å². The van der Waals surface area contributed by atoms with Crippen LogP contribution in [-0.4, -0.2) is 29.1 Å². The van der Waals surface area contributed by atoms with Gasteiger partial charge in [0.05, 0.1) is 0 Å². The van der Waals surface area contributed by atoms with Crippen molar-refractivity contribution in [1.29, 1.82) is 0 Å². The van der Waals surface area contributed by atoms with Gasteiger partial charge >= 0.3 is 5.97 Å². The van der Waals surface area contributed by atoms with E-state index in [0.717, 1.165) is 0 Å². The van der Waals surface area contributed by atoms with Gasteiger partial charge in [0, 0.05) is 6.92 Å². The summed E-state index contributed by atoms with van der Waals surface area (Å²) in [7, 11) is 0. The van der Waals surface area contributed by atoms with Gasteiger partial charge in [-0.1, -0.05) is 0 Å². The summed E-state index contributed by atoms with van der Waals surface area (Å²) >= 11 is 0. The van der Waals surface area contributed by atoms with Crippen LogP contribution in [0.2, 0.25) is 0 Å². The molecular weight excluding hydrogens is 148 g/mol. The third-order valence-corrected chi connectivity index (χ3v) is 1.34. The summed E-state index contributed by atoms with van der Waals surface area (Å²) in [4.78, 5) is 21.2. The molecule has 0 amide bonds. The Bertz CT molecular complexity index is 218. The lowest BCUT2D eigenvalue weighted by Crippen LogP contribution is -2.31. The van der Waals surface area contributed by atoms with Gasteiger partial charge in [0.15, 0.2) is 11.9 Å². The molecule has 1 rings (SSSR count). The number of esters is 1. The minimum Gasteiger partial charge on any atom is -0.451 e. The lowest BCUT2D eigenvalue weighted by Gasteiger charge is -2.11. The van der Waals surface area contributed by atoms with Crippen molar-refractivity contribution in [3.8, 4) is 0 Å². The van der Waals surface area contributed by atoms with Crippen molar-refractivity contribution in [1.82, 2.24) is 0 Å². The van der Waals surface area contributed by atoms with Gasteiger partial charge in [0.25, 0.3) is 0 Å². The van der Waals surface area contributed by atoms with E-state index in [-0.39, 0.29) is 5.78 Å². The summed E-state index contributed by atoms with van der Waals surface area (Å²) < 4.78 is 4.53. The number of hydrogen-bond donors (Lipinski definition) is 1. The normalized spacial score (nSPS) is 29.1. The van der Waals surface area contributed by atoms with E-state index in [0.29, 0.717) is 0 Å². The van der Waals surface area contributed by atoms with Crippen LogP contribution >= 0.6 is 0 Å². The predicted octanol–water partition coefficient (Wildman–Crippen LogP) is -0.582. The summed E-state index contributed by atoms with van der Waals surface area (Å²) in [6.07, 6.45) is 0.507. The molecule has 0 aromatic rings. The summed E-state index contributed by atoms with van der Waals surface area (Å²) in [6.45, 7) is 1.19. The van der Waals surface area contributed by atoms with E-state index in [1.807, 2.05) is 0 Å². The molecule has 0 unspecified atom stereocenters. The highest BCUT2D eigenvalue weighted by atomic mass is 16.6. The van der Waals surface area contributed by atoms with E-state index < -0.39 is 18.2 Å². The largest absolute Gasteiger partial charge is 0.451 e. The molecular formula is C7H8O4. The Kier molecular flexibility index (Phi) is 2.05. The van der Waals surface area contributed by atoms with E-state index in [1.54, 1.807) is 0 Å². The topological polar surface area (TPSA) is 63.6 Å². The van der Waals surface area contributed by atoms with Crippen molar-refractivity contribution < 1.29 is 19.4 Å². The molecule has 0 bridgehead atoms. The van der Waals surface area contributed by atoms with Crippen LogP contribution in [0.1, 0.15) is 6.92 Å². The molecule has 11 heavy (non-hydrogen) atoms. The Morgan fingerprint density at radius 3 is 2.73 bits per heavy atom. The summed E-state index contributed by atoms with van der Waals surface area (Å²) in [5.41, 5.74) is 0. The van der Waals surface area contributed by atoms with E-state index in [9.17, 15) is 9.59 Å². The zero-order chi connectivity index (χ0) is 8.43. The molecule has 0 saturated carbocycles. The SMILES string of the molecule is CC(=O)O[C@@H]1C(=O)C=C[C@H]1O. The Morgan fingerprint density at radius 1 is 1.73 bits per heavy atom. The Balaban J connectivity index is 2.59. The number of carbonyl (C=O) groups excluding carboxylic acids is 2. The highest BCUT2D eigenvalue weighted by Crippen LogP contribution is 2.11. The third kappa shape index (κ3) is 1.65. The number of aliphatic hydroxyl groups excluding tert-OH is 1. The molecule has 60 valence electrons. The minimum absolute atomic E-state index is 0.368. The van der Waals surface area contributed by atoms with E-state index >= 15 is 0 Å². The van der Waals surface area contributed by atoms with Gasteiger partial charge in [-0.05, 0) is 12.2 Å². The second-order valence-electron chi connectivity index (χ2n) is 2.28. The van der Waals surface area contributed by atoms with Crippen molar-refractivity contribution in [2.75, 3.05) is 0 Å². The maximum absolute atomic E-state index is 10.8. The number of aliphatic hydroxyl groups is 1. The fraction of sp³-hybridized carbons (Fsp3) is 0.429. The zero-order valence-corrected chi connectivity index (χ0v) is 5.98. The highest BCUT2D eigenvalue weighted by molar-refractivity contribution is 5.98. The van der Waals surface area contributed by atoms with Crippen LogP contribution in [0.4, 0.5) is 0 Å². The van der Waals surface area contributed by atoms with E-state index in [2.05, 4.69) is 4.74 Å². The molecule has 0 spiro atoms. The maximum Gasteiger partial charge on any atom is 0.303 e. The van der Waals surface area contributed by atoms with Crippen molar-refractivity contribution in [2.24, 2.45) is 0 Å². The molecule has 0 fully saturated rings. The molecule has 0 aliphatic heterocycles. The number of hydrogen-bond acceptors (Lipinski definition) is 4. The molecule has 1 N–H and O–H groups in total. The Hall–Kier alpha value is -1.16. The molecule has 4 nitrogen and oxygen atoms in total. The quantitative estimate of drug-likeness (QED) is 0.516. The standard InChI is InChI=1S/C7H8O4/c1-4(8)11-7-5(9)2-3-6(7)10/h2-3,5,7,9H,1H3/t5-,7+/m1/s1. The molecule has 0 heterocycles. The lowest BCUT2D eigenvalue weighted by atomic mass is 10.2. The van der Waals surface area contributed by atoms with Crippen LogP contribution in [0.5, 0.6) is 0 Å². The van der Waals surface area contributed by atoms with Crippen molar-refractivity contribution >= 4 is 11.8 Å². The average molecular weight is 156 g/mol. The predicted molar refractivity (Wildman–Crippen MR) is 35.7 cm³/mol. The molecule has 0 aromatic carbocycles. The maximum atomic E-state index is 10.8. The molecule has 4 heteroatoms. The zero-order valence-electron chi connectivity index (χ0n) is 5.98. The number of ether oxygens (including phenoxy) is 1. The second-order valence-corrected chi connectivity index (χ2v) is 2.28. The molecule has 1 aliphatic rings. The van der Waals surface area contributed by atoms with Crippen LogP contribution < -0.4 is 0 Å². The van der Waals surface area contributed by atoms with Gasteiger partial charge in [-0.15, -0.1) is 0 Å². The Labute approximate surface area is 63.5 Å². The van der Waals surface area contributed by atoms with Crippen molar-refractivity contribution in [3.63, 3.8) is 0 Å². The van der Waals surface area contributed by atoms with Crippen molar-refractivity contribution in [2.45, 2.75) is 19.1 Å². The van der Waals surface area contributed by atoms with Gasteiger partial charge in [0.1, 0.15) is 6.10 Å². The smallest absolute Gasteiger partial charge is 0.303 e. The summed E-state index contributed by atoms with van der Waals surface area (Å²) in [5.74, 6) is -0.932. The fourth-order valence-corrected chi connectivity index (χ4v) is 0.864.